The zero-order chi connectivity index (χ0) is 26.9. The quantitative estimate of drug-likeness (QED) is 0.313. The Morgan fingerprint density at radius 2 is 2.00 bits per heavy atom. The standard InChI is InChI=1S/C27H29F3N6OS/c1-17(15-37)13-36-21(12-31)9-19-8-18(2-3-24(19)36)14-35-6-4-20(5-7-35)34-25-23-10-22(11-27(28,29)30)38-26(23)33-16-32-25/h2-3,8-10,16-17,20,37H,4-7,11,13-15H2,1H3,(H,32,33,34)/t17-/m1/s1. The lowest BCUT2D eigenvalue weighted by Gasteiger charge is -2.32. The molecule has 0 radical (unpaired) electrons. The molecule has 1 aliphatic heterocycles. The van der Waals surface area contributed by atoms with Gasteiger partial charge >= 0.3 is 6.18 Å². The average Bonchev–Trinajstić information content (AvgIpc) is 3.44. The maximum Gasteiger partial charge on any atom is 0.393 e. The Balaban J connectivity index is 1.21. The third-order valence-electron chi connectivity index (χ3n) is 6.98. The van der Waals surface area contributed by atoms with Crippen molar-refractivity contribution in [2.24, 2.45) is 5.92 Å². The molecule has 200 valence electrons. The van der Waals surface area contributed by atoms with E-state index in [4.69, 9.17) is 0 Å². The molecule has 1 atom stereocenters. The van der Waals surface area contributed by atoms with Crippen LogP contribution in [0.15, 0.2) is 36.7 Å². The van der Waals surface area contributed by atoms with Gasteiger partial charge in [0.05, 0.1) is 11.8 Å². The van der Waals surface area contributed by atoms with E-state index in [0.717, 1.165) is 54.7 Å². The molecule has 11 heteroatoms. The number of thiophene rings is 1. The highest BCUT2D eigenvalue weighted by Gasteiger charge is 2.29. The fourth-order valence-electron chi connectivity index (χ4n) is 5.07. The largest absolute Gasteiger partial charge is 0.396 e. The number of benzene rings is 1. The molecule has 0 bridgehead atoms. The SMILES string of the molecule is C[C@@H](CO)Cn1c(C#N)cc2cc(CN3CCC(Nc4ncnc5sc(CC(F)(F)F)cc45)CC3)ccc21. The smallest absolute Gasteiger partial charge is 0.393 e. The Hall–Kier alpha value is -3.20. The van der Waals surface area contributed by atoms with Crippen LogP contribution in [0.5, 0.6) is 0 Å². The van der Waals surface area contributed by atoms with Gasteiger partial charge in [-0.2, -0.15) is 18.4 Å². The van der Waals surface area contributed by atoms with Crippen LogP contribution in [0.3, 0.4) is 0 Å². The van der Waals surface area contributed by atoms with Gasteiger partial charge in [0.1, 0.15) is 28.7 Å². The van der Waals surface area contributed by atoms with Crippen LogP contribution >= 0.6 is 11.3 Å². The number of piperidine rings is 1. The molecule has 1 fully saturated rings. The molecule has 3 aromatic heterocycles. The highest BCUT2D eigenvalue weighted by molar-refractivity contribution is 7.18. The summed E-state index contributed by atoms with van der Waals surface area (Å²) in [4.78, 5) is 11.7. The molecule has 7 nitrogen and oxygen atoms in total. The summed E-state index contributed by atoms with van der Waals surface area (Å²) in [5, 5.41) is 24.1. The molecule has 0 saturated carbocycles. The number of hydrogen-bond donors (Lipinski definition) is 2. The van der Waals surface area contributed by atoms with E-state index in [1.54, 1.807) is 6.07 Å². The molecule has 0 amide bonds. The Labute approximate surface area is 222 Å². The molecule has 4 aromatic rings. The normalized spacial score (nSPS) is 16.2. The highest BCUT2D eigenvalue weighted by Crippen LogP contribution is 2.33. The van der Waals surface area contributed by atoms with Crippen molar-refractivity contribution in [2.45, 2.75) is 51.5 Å². The summed E-state index contributed by atoms with van der Waals surface area (Å²) in [7, 11) is 0. The van der Waals surface area contributed by atoms with Crippen molar-refractivity contribution in [1.29, 1.82) is 5.26 Å². The number of rotatable bonds is 8. The summed E-state index contributed by atoms with van der Waals surface area (Å²) >= 11 is 1.06. The average molecular weight is 543 g/mol. The third kappa shape index (κ3) is 5.93. The van der Waals surface area contributed by atoms with Crippen LogP contribution in [0.2, 0.25) is 0 Å². The minimum absolute atomic E-state index is 0.0624. The minimum Gasteiger partial charge on any atom is -0.396 e. The Bertz CT molecular complexity index is 1470. The molecule has 1 aliphatic rings. The third-order valence-corrected chi connectivity index (χ3v) is 8.02. The topological polar surface area (TPSA) is 90.0 Å². The number of hydrogen-bond acceptors (Lipinski definition) is 7. The number of nitrogens with one attached hydrogen (secondary N) is 1. The summed E-state index contributed by atoms with van der Waals surface area (Å²) in [6.45, 7) is 5.18. The van der Waals surface area contributed by atoms with Crippen molar-refractivity contribution >= 4 is 38.3 Å². The van der Waals surface area contributed by atoms with E-state index in [1.807, 2.05) is 17.6 Å². The second kappa shape index (κ2) is 10.9. The highest BCUT2D eigenvalue weighted by atomic mass is 32.1. The van der Waals surface area contributed by atoms with E-state index in [9.17, 15) is 23.5 Å². The fourth-order valence-corrected chi connectivity index (χ4v) is 6.10. The Morgan fingerprint density at radius 1 is 1.21 bits per heavy atom. The molecule has 0 unspecified atom stereocenters. The van der Waals surface area contributed by atoms with Crippen molar-refractivity contribution in [2.75, 3.05) is 25.0 Å². The van der Waals surface area contributed by atoms with E-state index in [1.165, 1.54) is 11.9 Å². The van der Waals surface area contributed by atoms with Crippen LogP contribution in [0.4, 0.5) is 19.0 Å². The van der Waals surface area contributed by atoms with Gasteiger partial charge in [0, 0.05) is 54.6 Å². The number of aliphatic hydroxyl groups is 1. The van der Waals surface area contributed by atoms with Gasteiger partial charge in [0.2, 0.25) is 0 Å². The van der Waals surface area contributed by atoms with Crippen LogP contribution < -0.4 is 5.32 Å². The first-order chi connectivity index (χ1) is 18.2. The first-order valence-corrected chi connectivity index (χ1v) is 13.5. The van der Waals surface area contributed by atoms with Crippen molar-refractivity contribution in [3.63, 3.8) is 0 Å². The molecular formula is C27H29F3N6OS. The van der Waals surface area contributed by atoms with Gasteiger partial charge in [-0.05, 0) is 48.6 Å². The molecule has 1 aromatic carbocycles. The van der Waals surface area contributed by atoms with Crippen molar-refractivity contribution < 1.29 is 18.3 Å². The van der Waals surface area contributed by atoms with Crippen molar-refractivity contribution in [3.8, 4) is 6.07 Å². The summed E-state index contributed by atoms with van der Waals surface area (Å²) in [6.07, 6.45) is -2.02. The van der Waals surface area contributed by atoms with Gasteiger partial charge in [0.25, 0.3) is 0 Å². The molecule has 0 spiro atoms. The van der Waals surface area contributed by atoms with Gasteiger partial charge in [-0.15, -0.1) is 11.3 Å². The predicted octanol–water partition coefficient (Wildman–Crippen LogP) is 5.33. The number of likely N-dealkylation sites (tertiary alicyclic amines) is 1. The number of fused-ring (bicyclic) bond motifs is 2. The number of alkyl halides is 3. The van der Waals surface area contributed by atoms with Crippen LogP contribution in [0, 0.1) is 17.2 Å². The van der Waals surface area contributed by atoms with E-state index < -0.39 is 12.6 Å². The zero-order valence-corrected chi connectivity index (χ0v) is 21.8. The van der Waals surface area contributed by atoms with Crippen LogP contribution in [-0.4, -0.2) is 56.5 Å². The van der Waals surface area contributed by atoms with Crippen LogP contribution in [-0.2, 0) is 19.5 Å². The molecule has 38 heavy (non-hydrogen) atoms. The first kappa shape index (κ1) is 26.4. The summed E-state index contributed by atoms with van der Waals surface area (Å²) in [5.74, 6) is 0.657. The summed E-state index contributed by atoms with van der Waals surface area (Å²) < 4.78 is 40.5. The lowest BCUT2D eigenvalue weighted by molar-refractivity contribution is -0.126. The summed E-state index contributed by atoms with van der Waals surface area (Å²) in [6, 6.07) is 12.2. The number of aromatic nitrogens is 3. The minimum atomic E-state index is -4.25. The molecule has 4 heterocycles. The van der Waals surface area contributed by atoms with Gasteiger partial charge in [-0.1, -0.05) is 13.0 Å². The van der Waals surface area contributed by atoms with Crippen LogP contribution in [0.25, 0.3) is 21.1 Å². The monoisotopic (exact) mass is 542 g/mol. The lowest BCUT2D eigenvalue weighted by Crippen LogP contribution is -2.38. The fraction of sp³-hybridized carbons (Fsp3) is 0.444. The van der Waals surface area contributed by atoms with Crippen molar-refractivity contribution in [3.05, 3.63) is 52.8 Å². The zero-order valence-electron chi connectivity index (χ0n) is 21.0. The van der Waals surface area contributed by atoms with Gasteiger partial charge in [0.15, 0.2) is 0 Å². The Morgan fingerprint density at radius 3 is 2.71 bits per heavy atom. The molecular weight excluding hydrogens is 513 g/mol. The maximum absolute atomic E-state index is 12.8. The van der Waals surface area contributed by atoms with Crippen LogP contribution in [0.1, 0.15) is 35.9 Å². The number of nitriles is 1. The van der Waals surface area contributed by atoms with Gasteiger partial charge < -0.3 is 15.0 Å². The molecule has 2 N–H and O–H groups in total. The van der Waals surface area contributed by atoms with Crippen molar-refractivity contribution in [1.82, 2.24) is 19.4 Å². The second-order valence-electron chi connectivity index (χ2n) is 10.1. The molecule has 5 rings (SSSR count). The number of aliphatic hydroxyl groups excluding tert-OH is 1. The van der Waals surface area contributed by atoms with Gasteiger partial charge in [-0.25, -0.2) is 9.97 Å². The second-order valence-corrected chi connectivity index (χ2v) is 11.2. The number of nitrogens with zero attached hydrogens (tertiary/aromatic N) is 5. The van der Waals surface area contributed by atoms with Gasteiger partial charge in [-0.3, -0.25) is 4.90 Å². The van der Waals surface area contributed by atoms with E-state index in [0.29, 0.717) is 28.3 Å². The predicted molar refractivity (Wildman–Crippen MR) is 142 cm³/mol. The summed E-state index contributed by atoms with van der Waals surface area (Å²) in [5.41, 5.74) is 2.77. The first-order valence-electron chi connectivity index (χ1n) is 12.6. The Kier molecular flexibility index (Phi) is 7.56. The lowest BCUT2D eigenvalue weighted by atomic mass is 10.0. The maximum atomic E-state index is 12.8. The molecule has 1 saturated heterocycles. The van der Waals surface area contributed by atoms with E-state index in [2.05, 4.69) is 44.5 Å². The molecule has 0 aliphatic carbocycles. The van der Waals surface area contributed by atoms with E-state index in [-0.39, 0.29) is 23.4 Å². The van der Waals surface area contributed by atoms with E-state index >= 15 is 0 Å². The number of halogens is 3. The number of anilines is 1.